The lowest BCUT2D eigenvalue weighted by molar-refractivity contribution is -0.133. The number of hydrogen-bond acceptors (Lipinski definition) is 5. The third-order valence-corrected chi connectivity index (χ3v) is 5.56. The largest absolute Gasteiger partial charge is 0.493 e. The normalized spacial score (nSPS) is 19.9. The molecule has 28 heavy (non-hydrogen) atoms. The van der Waals surface area contributed by atoms with Crippen LogP contribution in [0.2, 0.25) is 0 Å². The number of rotatable bonds is 4. The number of nitrogens with one attached hydrogen (secondary N) is 1. The average Bonchev–Trinajstić information content (AvgIpc) is 3.16. The number of aromatic nitrogens is 2. The quantitative estimate of drug-likeness (QED) is 0.875. The van der Waals surface area contributed by atoms with Gasteiger partial charge in [0.25, 0.3) is 0 Å². The number of fused-ring (bicyclic) bond motifs is 1. The van der Waals surface area contributed by atoms with Crippen LogP contribution in [0.4, 0.5) is 0 Å². The van der Waals surface area contributed by atoms with Crippen LogP contribution >= 0.6 is 0 Å². The topological polar surface area (TPSA) is 68.6 Å². The minimum absolute atomic E-state index is 0.0874. The number of para-hydroxylation sites is 1. The van der Waals surface area contributed by atoms with Crippen molar-refractivity contribution in [1.82, 2.24) is 20.0 Å². The van der Waals surface area contributed by atoms with Gasteiger partial charge >= 0.3 is 0 Å². The summed E-state index contributed by atoms with van der Waals surface area (Å²) in [4.78, 5) is 15.0. The summed E-state index contributed by atoms with van der Waals surface area (Å²) in [6, 6.07) is 7.87. The molecule has 0 bridgehead atoms. The second kappa shape index (κ2) is 8.65. The van der Waals surface area contributed by atoms with E-state index >= 15 is 0 Å². The van der Waals surface area contributed by atoms with Crippen molar-refractivity contribution in [3.8, 4) is 11.5 Å². The molecule has 1 atom stereocenters. The van der Waals surface area contributed by atoms with Crippen LogP contribution in [0.3, 0.4) is 0 Å². The van der Waals surface area contributed by atoms with Gasteiger partial charge < -0.3 is 19.7 Å². The lowest BCUT2D eigenvalue weighted by Crippen LogP contribution is -2.37. The molecule has 2 aliphatic rings. The minimum Gasteiger partial charge on any atom is -0.493 e. The highest BCUT2D eigenvalue weighted by atomic mass is 16.5. The van der Waals surface area contributed by atoms with Crippen molar-refractivity contribution in [3.05, 3.63) is 41.7 Å². The fourth-order valence-electron chi connectivity index (χ4n) is 4.09. The number of ether oxygens (including phenoxy) is 2. The Balaban J connectivity index is 1.50. The molecule has 1 fully saturated rings. The van der Waals surface area contributed by atoms with Crippen LogP contribution in [-0.2, 0) is 17.9 Å². The van der Waals surface area contributed by atoms with Gasteiger partial charge in [0.15, 0.2) is 11.5 Å². The van der Waals surface area contributed by atoms with Gasteiger partial charge in [0.1, 0.15) is 6.54 Å². The molecule has 1 aromatic heterocycles. The molecule has 1 amide bonds. The molecule has 3 heterocycles. The van der Waals surface area contributed by atoms with Gasteiger partial charge in [-0.05, 0) is 37.9 Å². The van der Waals surface area contributed by atoms with Gasteiger partial charge in [0.05, 0.1) is 13.7 Å². The molecule has 0 spiro atoms. The predicted molar refractivity (Wildman–Crippen MR) is 106 cm³/mol. The summed E-state index contributed by atoms with van der Waals surface area (Å²) in [5.74, 6) is 1.97. The number of hydrogen-bond donors (Lipinski definition) is 1. The number of piperidine rings is 1. The molecule has 1 aromatic carbocycles. The third-order valence-electron chi connectivity index (χ3n) is 5.56. The monoisotopic (exact) mass is 384 g/mol. The van der Waals surface area contributed by atoms with Gasteiger partial charge in [0.2, 0.25) is 5.91 Å². The summed E-state index contributed by atoms with van der Waals surface area (Å²) in [7, 11) is 1.64. The zero-order valence-electron chi connectivity index (χ0n) is 16.4. The van der Waals surface area contributed by atoms with E-state index in [1.54, 1.807) is 13.3 Å². The van der Waals surface area contributed by atoms with Crippen molar-refractivity contribution in [2.75, 3.05) is 33.4 Å². The number of nitrogens with zero attached hydrogens (tertiary/aromatic N) is 3. The smallest absolute Gasteiger partial charge is 0.244 e. The SMILES string of the molecule is COc1cccc2c1OCCCN(C(=O)Cn1nccc1[C@H]1CCCNC1)C2. The Bertz CT molecular complexity index is 814. The van der Waals surface area contributed by atoms with Crippen LogP contribution in [-0.4, -0.2) is 53.9 Å². The van der Waals surface area contributed by atoms with E-state index in [4.69, 9.17) is 9.47 Å². The maximum absolute atomic E-state index is 13.1. The maximum atomic E-state index is 13.1. The number of benzene rings is 1. The molecule has 7 heteroatoms. The highest BCUT2D eigenvalue weighted by Gasteiger charge is 2.24. The summed E-state index contributed by atoms with van der Waals surface area (Å²) in [5, 5.41) is 7.88. The van der Waals surface area contributed by atoms with E-state index in [-0.39, 0.29) is 12.5 Å². The number of carbonyl (C=O) groups is 1. The molecule has 7 nitrogen and oxygen atoms in total. The van der Waals surface area contributed by atoms with Crippen molar-refractivity contribution in [2.45, 2.75) is 38.3 Å². The molecule has 150 valence electrons. The Morgan fingerprint density at radius 2 is 2.29 bits per heavy atom. The van der Waals surface area contributed by atoms with E-state index in [0.29, 0.717) is 31.4 Å². The van der Waals surface area contributed by atoms with E-state index in [1.165, 1.54) is 0 Å². The van der Waals surface area contributed by atoms with Crippen LogP contribution in [0.25, 0.3) is 0 Å². The molecule has 0 aliphatic carbocycles. The lowest BCUT2D eigenvalue weighted by Gasteiger charge is -2.28. The van der Waals surface area contributed by atoms with Crippen molar-refractivity contribution < 1.29 is 14.3 Å². The van der Waals surface area contributed by atoms with E-state index in [9.17, 15) is 4.79 Å². The zero-order valence-corrected chi connectivity index (χ0v) is 16.4. The van der Waals surface area contributed by atoms with Gasteiger partial charge in [-0.25, -0.2) is 0 Å². The van der Waals surface area contributed by atoms with Crippen molar-refractivity contribution in [3.63, 3.8) is 0 Å². The van der Waals surface area contributed by atoms with Crippen LogP contribution in [0.15, 0.2) is 30.5 Å². The van der Waals surface area contributed by atoms with Crippen LogP contribution in [0, 0.1) is 0 Å². The molecule has 0 unspecified atom stereocenters. The van der Waals surface area contributed by atoms with Gasteiger partial charge in [-0.1, -0.05) is 12.1 Å². The molecule has 0 radical (unpaired) electrons. The first kappa shape index (κ1) is 18.8. The molecule has 1 saturated heterocycles. The number of amides is 1. The van der Waals surface area contributed by atoms with E-state index in [1.807, 2.05) is 33.8 Å². The lowest BCUT2D eigenvalue weighted by atomic mass is 9.96. The molecule has 4 rings (SSSR count). The third kappa shape index (κ3) is 3.99. The van der Waals surface area contributed by atoms with Crippen molar-refractivity contribution in [2.24, 2.45) is 0 Å². The summed E-state index contributed by atoms with van der Waals surface area (Å²) in [5.41, 5.74) is 2.13. The molecule has 0 saturated carbocycles. The van der Waals surface area contributed by atoms with Crippen LogP contribution in [0.1, 0.15) is 36.4 Å². The predicted octanol–water partition coefficient (Wildman–Crippen LogP) is 2.17. The van der Waals surface area contributed by atoms with E-state index in [2.05, 4.69) is 10.4 Å². The van der Waals surface area contributed by atoms with E-state index in [0.717, 1.165) is 49.4 Å². The Morgan fingerprint density at radius 1 is 1.36 bits per heavy atom. The van der Waals surface area contributed by atoms with Crippen LogP contribution in [0.5, 0.6) is 11.5 Å². The number of methoxy groups -OCH3 is 1. The minimum atomic E-state index is 0.0874. The highest BCUT2D eigenvalue weighted by Crippen LogP contribution is 2.33. The van der Waals surface area contributed by atoms with Gasteiger partial charge in [-0.15, -0.1) is 0 Å². The van der Waals surface area contributed by atoms with E-state index < -0.39 is 0 Å². The Morgan fingerprint density at radius 3 is 3.11 bits per heavy atom. The fourth-order valence-corrected chi connectivity index (χ4v) is 4.09. The second-order valence-electron chi connectivity index (χ2n) is 7.42. The Labute approximate surface area is 165 Å². The second-order valence-corrected chi connectivity index (χ2v) is 7.42. The van der Waals surface area contributed by atoms with Gasteiger partial charge in [0, 0.05) is 43.0 Å². The van der Waals surface area contributed by atoms with Crippen molar-refractivity contribution >= 4 is 5.91 Å². The molecular weight excluding hydrogens is 356 g/mol. The van der Waals surface area contributed by atoms with Gasteiger partial charge in [-0.2, -0.15) is 5.10 Å². The molecule has 2 aliphatic heterocycles. The standard InChI is InChI=1S/C21H28N4O3/c1-27-19-7-2-5-17-14-24(11-4-12-28-21(17)19)20(26)15-25-18(8-10-23-25)16-6-3-9-22-13-16/h2,5,7-8,10,16,22H,3-4,6,9,11-15H2,1H3/t16-/m0/s1. The average molecular weight is 384 g/mol. The fraction of sp³-hybridized carbons (Fsp3) is 0.524. The first-order valence-electron chi connectivity index (χ1n) is 10.0. The van der Waals surface area contributed by atoms with Crippen molar-refractivity contribution in [1.29, 1.82) is 0 Å². The molecule has 1 N–H and O–H groups in total. The highest BCUT2D eigenvalue weighted by molar-refractivity contribution is 5.76. The maximum Gasteiger partial charge on any atom is 0.244 e. The number of carbonyl (C=O) groups excluding carboxylic acids is 1. The summed E-state index contributed by atoms with van der Waals surface area (Å²) in [6.07, 6.45) is 4.90. The van der Waals surface area contributed by atoms with Crippen LogP contribution < -0.4 is 14.8 Å². The molecule has 2 aromatic rings. The summed E-state index contributed by atoms with van der Waals surface area (Å²) in [6.45, 7) is 4.07. The Kier molecular flexibility index (Phi) is 5.81. The zero-order chi connectivity index (χ0) is 19.3. The first-order valence-corrected chi connectivity index (χ1v) is 10.0. The van der Waals surface area contributed by atoms with Gasteiger partial charge in [-0.3, -0.25) is 9.48 Å². The molecular formula is C21H28N4O3. The Hall–Kier alpha value is -2.54. The summed E-state index contributed by atoms with van der Waals surface area (Å²) >= 11 is 0. The summed E-state index contributed by atoms with van der Waals surface area (Å²) < 4.78 is 13.2. The first-order chi connectivity index (χ1) is 13.8.